The van der Waals surface area contributed by atoms with Crippen molar-refractivity contribution in [1.29, 1.82) is 0 Å². The van der Waals surface area contributed by atoms with Gasteiger partial charge in [0.05, 0.1) is 11.5 Å². The maximum absolute atomic E-state index is 12.0. The third-order valence-corrected chi connectivity index (χ3v) is 2.60. The molecule has 2 rings (SSSR count). The van der Waals surface area contributed by atoms with E-state index in [2.05, 4.69) is 10.5 Å². The Morgan fingerprint density at radius 3 is 2.90 bits per heavy atom. The second-order valence-corrected chi connectivity index (χ2v) is 4.11. The summed E-state index contributed by atoms with van der Waals surface area (Å²) >= 11 is 0. The predicted octanol–water partition coefficient (Wildman–Crippen LogP) is 1.40. The molecule has 8 nitrogen and oxygen atoms in total. The first-order valence-corrected chi connectivity index (χ1v) is 5.72. The number of amides is 1. The number of hydrogen-bond donors (Lipinski definition) is 2. The molecular weight excluding hydrogens is 264 g/mol. The molecule has 0 radical (unpaired) electrons. The van der Waals surface area contributed by atoms with E-state index in [1.807, 2.05) is 0 Å². The Bertz CT molecular complexity index is 665. The Labute approximate surface area is 113 Å². The monoisotopic (exact) mass is 276 g/mol. The van der Waals surface area contributed by atoms with Crippen LogP contribution in [0.2, 0.25) is 0 Å². The highest BCUT2D eigenvalue weighted by Gasteiger charge is 2.22. The number of benzene rings is 1. The van der Waals surface area contributed by atoms with E-state index in [0.717, 1.165) is 0 Å². The summed E-state index contributed by atoms with van der Waals surface area (Å²) in [5, 5.41) is 17.2. The Morgan fingerprint density at radius 2 is 2.30 bits per heavy atom. The fourth-order valence-electron chi connectivity index (χ4n) is 1.72. The average molecular weight is 276 g/mol. The SMILES string of the molecule is Cc1cc(CNC(=O)c2cccc(N)c2[N+](=O)[O-])no1. The van der Waals surface area contributed by atoms with Gasteiger partial charge in [-0.15, -0.1) is 0 Å². The molecule has 104 valence electrons. The molecule has 20 heavy (non-hydrogen) atoms. The molecule has 0 atom stereocenters. The number of carbonyl (C=O) groups excluding carboxylic acids is 1. The van der Waals surface area contributed by atoms with Gasteiger partial charge in [-0.3, -0.25) is 14.9 Å². The molecule has 0 aliphatic carbocycles. The number of nitrogens with one attached hydrogen (secondary N) is 1. The molecule has 0 aliphatic rings. The average Bonchev–Trinajstić information content (AvgIpc) is 2.81. The van der Waals surface area contributed by atoms with Gasteiger partial charge in [0.2, 0.25) is 0 Å². The van der Waals surface area contributed by atoms with Crippen molar-refractivity contribution >= 4 is 17.3 Å². The van der Waals surface area contributed by atoms with Crippen LogP contribution in [0, 0.1) is 17.0 Å². The number of anilines is 1. The standard InChI is InChI=1S/C12H12N4O4/c1-7-5-8(15-20-7)6-14-12(17)9-3-2-4-10(13)11(9)16(18)19/h2-5H,6,13H2,1H3,(H,14,17). The molecule has 0 saturated carbocycles. The van der Waals surface area contributed by atoms with Crippen LogP contribution in [-0.4, -0.2) is 16.0 Å². The molecular formula is C12H12N4O4. The van der Waals surface area contributed by atoms with Gasteiger partial charge in [-0.1, -0.05) is 11.2 Å². The van der Waals surface area contributed by atoms with Crippen LogP contribution >= 0.6 is 0 Å². The van der Waals surface area contributed by atoms with Gasteiger partial charge < -0.3 is 15.6 Å². The highest BCUT2D eigenvalue weighted by atomic mass is 16.6. The number of carbonyl (C=O) groups is 1. The Hall–Kier alpha value is -2.90. The van der Waals surface area contributed by atoms with Crippen molar-refractivity contribution in [3.63, 3.8) is 0 Å². The van der Waals surface area contributed by atoms with Crippen LogP contribution in [0.3, 0.4) is 0 Å². The van der Waals surface area contributed by atoms with Crippen molar-refractivity contribution in [1.82, 2.24) is 10.5 Å². The first-order chi connectivity index (χ1) is 9.49. The van der Waals surface area contributed by atoms with Crippen molar-refractivity contribution < 1.29 is 14.2 Å². The molecule has 0 fully saturated rings. The number of aromatic nitrogens is 1. The van der Waals surface area contributed by atoms with E-state index in [-0.39, 0.29) is 17.8 Å². The molecule has 0 bridgehead atoms. The molecule has 0 saturated heterocycles. The quantitative estimate of drug-likeness (QED) is 0.494. The lowest BCUT2D eigenvalue weighted by Gasteiger charge is -2.05. The molecule has 1 aromatic heterocycles. The number of hydrogen-bond acceptors (Lipinski definition) is 6. The van der Waals surface area contributed by atoms with Gasteiger partial charge in [-0.2, -0.15) is 0 Å². The second-order valence-electron chi connectivity index (χ2n) is 4.11. The highest BCUT2D eigenvalue weighted by Crippen LogP contribution is 2.25. The Morgan fingerprint density at radius 1 is 1.55 bits per heavy atom. The van der Waals surface area contributed by atoms with E-state index < -0.39 is 16.5 Å². The molecule has 1 amide bonds. The molecule has 0 spiro atoms. The minimum Gasteiger partial charge on any atom is -0.393 e. The maximum Gasteiger partial charge on any atom is 0.304 e. The summed E-state index contributed by atoms with van der Waals surface area (Å²) < 4.78 is 4.85. The van der Waals surface area contributed by atoms with Crippen molar-refractivity contribution in [2.24, 2.45) is 0 Å². The summed E-state index contributed by atoms with van der Waals surface area (Å²) in [7, 11) is 0. The summed E-state index contributed by atoms with van der Waals surface area (Å²) in [5.74, 6) is 0.0221. The second kappa shape index (κ2) is 5.39. The van der Waals surface area contributed by atoms with Gasteiger partial charge in [0, 0.05) is 6.07 Å². The zero-order valence-corrected chi connectivity index (χ0v) is 10.6. The van der Waals surface area contributed by atoms with Crippen LogP contribution < -0.4 is 11.1 Å². The summed E-state index contributed by atoms with van der Waals surface area (Å²) in [6.45, 7) is 1.84. The smallest absolute Gasteiger partial charge is 0.304 e. The van der Waals surface area contributed by atoms with Crippen LogP contribution in [0.1, 0.15) is 21.8 Å². The number of aryl methyl sites for hydroxylation is 1. The third-order valence-electron chi connectivity index (χ3n) is 2.60. The largest absolute Gasteiger partial charge is 0.393 e. The lowest BCUT2D eigenvalue weighted by molar-refractivity contribution is -0.384. The van der Waals surface area contributed by atoms with E-state index in [1.165, 1.54) is 18.2 Å². The van der Waals surface area contributed by atoms with Crippen molar-refractivity contribution in [2.75, 3.05) is 5.73 Å². The molecule has 0 aliphatic heterocycles. The van der Waals surface area contributed by atoms with E-state index >= 15 is 0 Å². The molecule has 2 aromatic rings. The zero-order chi connectivity index (χ0) is 14.7. The van der Waals surface area contributed by atoms with E-state index in [0.29, 0.717) is 11.5 Å². The number of nitrogens with two attached hydrogens (primary N) is 1. The fourth-order valence-corrected chi connectivity index (χ4v) is 1.72. The summed E-state index contributed by atoms with van der Waals surface area (Å²) in [6.07, 6.45) is 0. The number of para-hydroxylation sites is 1. The first-order valence-electron chi connectivity index (χ1n) is 5.72. The van der Waals surface area contributed by atoms with Gasteiger partial charge in [-0.25, -0.2) is 0 Å². The highest BCUT2D eigenvalue weighted by molar-refractivity contribution is 6.00. The minimum atomic E-state index is -0.676. The summed E-state index contributed by atoms with van der Waals surface area (Å²) in [5.41, 5.74) is 5.51. The van der Waals surface area contributed by atoms with Crippen LogP contribution in [0.15, 0.2) is 28.8 Å². The normalized spacial score (nSPS) is 10.2. The topological polar surface area (TPSA) is 124 Å². The van der Waals surface area contributed by atoms with Crippen molar-refractivity contribution in [2.45, 2.75) is 13.5 Å². The molecule has 1 aromatic carbocycles. The lowest BCUT2D eigenvalue weighted by atomic mass is 10.1. The van der Waals surface area contributed by atoms with Crippen LogP contribution in [-0.2, 0) is 6.54 Å². The lowest BCUT2D eigenvalue weighted by Crippen LogP contribution is -2.24. The minimum absolute atomic E-state index is 0.0556. The van der Waals surface area contributed by atoms with Crippen LogP contribution in [0.25, 0.3) is 0 Å². The van der Waals surface area contributed by atoms with Crippen LogP contribution in [0.5, 0.6) is 0 Å². The third kappa shape index (κ3) is 2.74. The Balaban J connectivity index is 2.17. The van der Waals surface area contributed by atoms with E-state index in [9.17, 15) is 14.9 Å². The molecule has 0 unspecified atom stereocenters. The van der Waals surface area contributed by atoms with Gasteiger partial charge in [0.25, 0.3) is 5.91 Å². The fraction of sp³-hybridized carbons (Fsp3) is 0.167. The molecule has 1 heterocycles. The number of nitrogens with zero attached hydrogens (tertiary/aromatic N) is 2. The number of nitro benzene ring substituents is 1. The first kappa shape index (κ1) is 13.5. The Kier molecular flexibility index (Phi) is 3.65. The summed E-state index contributed by atoms with van der Waals surface area (Å²) in [4.78, 5) is 22.2. The molecule has 8 heteroatoms. The van der Waals surface area contributed by atoms with E-state index in [1.54, 1.807) is 13.0 Å². The summed E-state index contributed by atoms with van der Waals surface area (Å²) in [6, 6.07) is 5.86. The van der Waals surface area contributed by atoms with Gasteiger partial charge in [0.15, 0.2) is 0 Å². The predicted molar refractivity (Wildman–Crippen MR) is 69.9 cm³/mol. The number of nitrogen functional groups attached to an aromatic ring is 1. The van der Waals surface area contributed by atoms with Crippen molar-refractivity contribution in [3.05, 3.63) is 51.4 Å². The maximum atomic E-state index is 12.0. The number of rotatable bonds is 4. The zero-order valence-electron chi connectivity index (χ0n) is 10.6. The molecule has 3 N–H and O–H groups in total. The van der Waals surface area contributed by atoms with Gasteiger partial charge in [-0.05, 0) is 19.1 Å². The number of nitro groups is 1. The van der Waals surface area contributed by atoms with E-state index in [4.69, 9.17) is 10.3 Å². The van der Waals surface area contributed by atoms with Crippen molar-refractivity contribution in [3.8, 4) is 0 Å². The van der Waals surface area contributed by atoms with Gasteiger partial charge >= 0.3 is 5.69 Å². The van der Waals surface area contributed by atoms with Crippen LogP contribution in [0.4, 0.5) is 11.4 Å². The van der Waals surface area contributed by atoms with Gasteiger partial charge in [0.1, 0.15) is 22.7 Å².